The maximum atomic E-state index is 10.1. The highest BCUT2D eigenvalue weighted by Gasteiger charge is 1.87. The first-order valence-corrected chi connectivity index (χ1v) is 4.51. The third kappa shape index (κ3) is 6.17. The van der Waals surface area contributed by atoms with Crippen LogP contribution in [0.3, 0.4) is 0 Å². The minimum absolute atomic E-state index is 0.0926. The molecule has 14 heavy (non-hydrogen) atoms. The molecule has 0 N–H and O–H groups in total. The second-order valence-electron chi connectivity index (χ2n) is 3.33. The maximum Gasteiger partial charge on any atom is 0.218 e. The van der Waals surface area contributed by atoms with Crippen LogP contribution < -0.4 is 0 Å². The predicted octanol–water partition coefficient (Wildman–Crippen LogP) is 1.79. The van der Waals surface area contributed by atoms with Crippen LogP contribution in [0.5, 0.6) is 0 Å². The van der Waals surface area contributed by atoms with Crippen molar-refractivity contribution in [2.45, 2.75) is 20.8 Å². The van der Waals surface area contributed by atoms with Crippen LogP contribution in [0.2, 0.25) is 0 Å². The van der Waals surface area contributed by atoms with E-state index in [1.54, 1.807) is 14.1 Å². The van der Waals surface area contributed by atoms with E-state index in [1.165, 1.54) is 11.8 Å². The van der Waals surface area contributed by atoms with E-state index < -0.39 is 0 Å². The summed E-state index contributed by atoms with van der Waals surface area (Å²) < 4.78 is 0. The van der Waals surface area contributed by atoms with Crippen LogP contribution in [-0.2, 0) is 4.79 Å². The molecular formula is C11H18N2O. The molecule has 1 amide bonds. The molecule has 3 nitrogen and oxygen atoms in total. The molecule has 0 aromatic carbocycles. The Bertz CT molecular complexity index is 278. The third-order valence-corrected chi connectivity index (χ3v) is 1.66. The second kappa shape index (κ2) is 6.13. The van der Waals surface area contributed by atoms with Gasteiger partial charge in [-0.15, -0.1) is 0 Å². The lowest BCUT2D eigenvalue weighted by molar-refractivity contribution is -0.126. The molecule has 0 aliphatic rings. The van der Waals surface area contributed by atoms with Gasteiger partial charge in [-0.2, -0.15) is 0 Å². The Balaban J connectivity index is 0.000000255. The number of nitrogens with zero attached hydrogens (tertiary/aromatic N) is 2. The van der Waals surface area contributed by atoms with Gasteiger partial charge < -0.3 is 4.90 Å². The number of rotatable bonds is 0. The van der Waals surface area contributed by atoms with Crippen LogP contribution in [0.15, 0.2) is 18.2 Å². The molecule has 78 valence electrons. The van der Waals surface area contributed by atoms with Crippen LogP contribution >= 0.6 is 0 Å². The standard InChI is InChI=1S/C7H9N.C4H9NO/c1-6-4-3-5-7(2)8-6;1-4(6)5(2)3/h3-5H,1-2H3;1-3H3. The summed E-state index contributed by atoms with van der Waals surface area (Å²) in [5, 5.41) is 0. The summed E-state index contributed by atoms with van der Waals surface area (Å²) in [5.74, 6) is 0.0926. The largest absolute Gasteiger partial charge is 0.349 e. The monoisotopic (exact) mass is 194 g/mol. The van der Waals surface area contributed by atoms with E-state index in [0.29, 0.717) is 0 Å². The average Bonchev–Trinajstić information content (AvgIpc) is 2.04. The summed E-state index contributed by atoms with van der Waals surface area (Å²) in [5.41, 5.74) is 2.18. The first-order valence-electron chi connectivity index (χ1n) is 4.51. The zero-order chi connectivity index (χ0) is 11.1. The maximum absolute atomic E-state index is 10.1. The highest BCUT2D eigenvalue weighted by Crippen LogP contribution is 1.93. The summed E-state index contributed by atoms with van der Waals surface area (Å²) >= 11 is 0. The summed E-state index contributed by atoms with van der Waals surface area (Å²) in [6.07, 6.45) is 0. The van der Waals surface area contributed by atoms with Gasteiger partial charge in [0.2, 0.25) is 5.91 Å². The lowest BCUT2D eigenvalue weighted by Crippen LogP contribution is -2.17. The Labute approximate surface area is 85.8 Å². The first kappa shape index (κ1) is 12.6. The van der Waals surface area contributed by atoms with E-state index in [-0.39, 0.29) is 5.91 Å². The van der Waals surface area contributed by atoms with Crippen molar-refractivity contribution in [1.29, 1.82) is 0 Å². The smallest absolute Gasteiger partial charge is 0.218 e. The summed E-state index contributed by atoms with van der Waals surface area (Å²) in [6, 6.07) is 6.00. The van der Waals surface area contributed by atoms with Crippen molar-refractivity contribution in [3.63, 3.8) is 0 Å². The number of amides is 1. The number of aryl methyl sites for hydroxylation is 2. The fraction of sp³-hybridized carbons (Fsp3) is 0.455. The molecule has 1 aromatic rings. The van der Waals surface area contributed by atoms with Crippen LogP contribution in [0.1, 0.15) is 18.3 Å². The Hall–Kier alpha value is -1.38. The van der Waals surface area contributed by atoms with E-state index in [9.17, 15) is 4.79 Å². The van der Waals surface area contributed by atoms with Gasteiger partial charge in [0.25, 0.3) is 0 Å². The summed E-state index contributed by atoms with van der Waals surface area (Å²) in [4.78, 5) is 15.8. The molecule has 0 atom stereocenters. The van der Waals surface area contributed by atoms with Crippen molar-refractivity contribution in [2.75, 3.05) is 14.1 Å². The van der Waals surface area contributed by atoms with Gasteiger partial charge in [0, 0.05) is 32.4 Å². The van der Waals surface area contributed by atoms with Crippen molar-refractivity contribution in [3.05, 3.63) is 29.6 Å². The van der Waals surface area contributed by atoms with Crippen molar-refractivity contribution in [2.24, 2.45) is 0 Å². The molecule has 0 unspecified atom stereocenters. The van der Waals surface area contributed by atoms with Gasteiger partial charge in [-0.1, -0.05) is 6.07 Å². The normalized spacial score (nSPS) is 8.64. The Kier molecular flexibility index (Phi) is 5.53. The molecule has 1 heterocycles. The molecular weight excluding hydrogens is 176 g/mol. The van der Waals surface area contributed by atoms with Crippen LogP contribution in [0, 0.1) is 13.8 Å². The molecule has 3 heteroatoms. The summed E-state index contributed by atoms with van der Waals surface area (Å²) in [6.45, 7) is 5.51. The molecule has 0 aliphatic heterocycles. The number of hydrogen-bond acceptors (Lipinski definition) is 2. The highest BCUT2D eigenvalue weighted by atomic mass is 16.2. The first-order chi connectivity index (χ1) is 6.43. The molecule has 0 fully saturated rings. The zero-order valence-corrected chi connectivity index (χ0v) is 9.53. The van der Waals surface area contributed by atoms with Crippen LogP contribution in [0.25, 0.3) is 0 Å². The SMILES string of the molecule is CC(=O)N(C)C.Cc1cccc(C)n1. The number of hydrogen-bond donors (Lipinski definition) is 0. The molecule has 0 saturated carbocycles. The second-order valence-corrected chi connectivity index (χ2v) is 3.33. The van der Waals surface area contributed by atoms with Gasteiger partial charge in [-0.3, -0.25) is 9.78 Å². The van der Waals surface area contributed by atoms with E-state index in [2.05, 4.69) is 4.98 Å². The van der Waals surface area contributed by atoms with E-state index >= 15 is 0 Å². The van der Waals surface area contributed by atoms with Gasteiger partial charge in [0.05, 0.1) is 0 Å². The van der Waals surface area contributed by atoms with E-state index in [0.717, 1.165) is 11.4 Å². The van der Waals surface area contributed by atoms with Gasteiger partial charge in [-0.05, 0) is 26.0 Å². The molecule has 1 aromatic heterocycles. The van der Waals surface area contributed by atoms with Crippen molar-refractivity contribution in [1.82, 2.24) is 9.88 Å². The lowest BCUT2D eigenvalue weighted by Gasteiger charge is -2.02. The quantitative estimate of drug-likeness (QED) is 0.631. The summed E-state index contributed by atoms with van der Waals surface area (Å²) in [7, 11) is 3.45. The van der Waals surface area contributed by atoms with E-state index in [1.807, 2.05) is 32.0 Å². The Morgan fingerprint density at radius 3 is 1.71 bits per heavy atom. The van der Waals surface area contributed by atoms with Crippen molar-refractivity contribution >= 4 is 5.91 Å². The molecule has 0 spiro atoms. The van der Waals surface area contributed by atoms with Gasteiger partial charge in [-0.25, -0.2) is 0 Å². The Morgan fingerprint density at radius 2 is 1.57 bits per heavy atom. The van der Waals surface area contributed by atoms with Gasteiger partial charge >= 0.3 is 0 Å². The zero-order valence-electron chi connectivity index (χ0n) is 9.53. The Morgan fingerprint density at radius 1 is 1.21 bits per heavy atom. The minimum Gasteiger partial charge on any atom is -0.349 e. The van der Waals surface area contributed by atoms with Gasteiger partial charge in [0.15, 0.2) is 0 Å². The van der Waals surface area contributed by atoms with Crippen LogP contribution in [-0.4, -0.2) is 29.9 Å². The minimum atomic E-state index is 0.0926. The third-order valence-electron chi connectivity index (χ3n) is 1.66. The number of pyridine rings is 1. The molecule has 0 aliphatic carbocycles. The lowest BCUT2D eigenvalue weighted by atomic mass is 10.3. The van der Waals surface area contributed by atoms with Crippen LogP contribution in [0.4, 0.5) is 0 Å². The van der Waals surface area contributed by atoms with Crippen molar-refractivity contribution < 1.29 is 4.79 Å². The molecule has 0 bridgehead atoms. The molecule has 0 radical (unpaired) electrons. The van der Waals surface area contributed by atoms with Gasteiger partial charge in [0.1, 0.15) is 0 Å². The fourth-order valence-corrected chi connectivity index (χ4v) is 0.679. The highest BCUT2D eigenvalue weighted by molar-refractivity contribution is 5.72. The molecule has 1 rings (SSSR count). The molecule has 0 saturated heterocycles. The topological polar surface area (TPSA) is 33.2 Å². The number of carbonyl (C=O) groups excluding carboxylic acids is 1. The van der Waals surface area contributed by atoms with Crippen molar-refractivity contribution in [3.8, 4) is 0 Å². The number of carbonyl (C=O) groups is 1. The van der Waals surface area contributed by atoms with E-state index in [4.69, 9.17) is 0 Å². The predicted molar refractivity (Wildman–Crippen MR) is 58.1 cm³/mol. The fourth-order valence-electron chi connectivity index (χ4n) is 0.679. The number of aromatic nitrogens is 1. The average molecular weight is 194 g/mol.